The fourth-order valence-corrected chi connectivity index (χ4v) is 3.59. The first-order valence-corrected chi connectivity index (χ1v) is 8.71. The second-order valence-electron chi connectivity index (χ2n) is 5.05. The molecular formula is C14H10ClF2N5O2S. The molecule has 0 amide bonds. The minimum atomic E-state index is -4.05. The average molecular weight is 386 g/mol. The quantitative estimate of drug-likeness (QED) is 0.704. The summed E-state index contributed by atoms with van der Waals surface area (Å²) >= 11 is 6.06. The first-order chi connectivity index (χ1) is 11.8. The number of H-pyrrole nitrogens is 1. The second-order valence-corrected chi connectivity index (χ2v) is 7.14. The van der Waals surface area contributed by atoms with Gasteiger partial charge in [0.25, 0.3) is 16.4 Å². The summed E-state index contributed by atoms with van der Waals surface area (Å²) in [4.78, 5) is 2.54. The van der Waals surface area contributed by atoms with Gasteiger partial charge in [0.2, 0.25) is 0 Å². The molecule has 0 fully saturated rings. The number of sulfonamides is 1. The van der Waals surface area contributed by atoms with Crippen molar-refractivity contribution in [3.8, 4) is 6.07 Å². The van der Waals surface area contributed by atoms with Crippen LogP contribution < -0.4 is 4.72 Å². The van der Waals surface area contributed by atoms with Gasteiger partial charge in [-0.25, -0.2) is 17.2 Å². The van der Waals surface area contributed by atoms with Crippen LogP contribution in [0.15, 0.2) is 35.6 Å². The highest BCUT2D eigenvalue weighted by molar-refractivity contribution is 7.92. The molecule has 130 valence electrons. The normalized spacial score (nSPS) is 11.8. The maximum absolute atomic E-state index is 12.4. The summed E-state index contributed by atoms with van der Waals surface area (Å²) in [6, 6.07) is 4.85. The minimum absolute atomic E-state index is 0.169. The molecule has 25 heavy (non-hydrogen) atoms. The van der Waals surface area contributed by atoms with Gasteiger partial charge >= 0.3 is 0 Å². The van der Waals surface area contributed by atoms with Gasteiger partial charge in [-0.3, -0.25) is 9.40 Å². The van der Waals surface area contributed by atoms with E-state index in [9.17, 15) is 17.2 Å². The van der Waals surface area contributed by atoms with Crippen LogP contribution in [0.4, 0.5) is 14.5 Å². The van der Waals surface area contributed by atoms with E-state index in [2.05, 4.69) is 14.8 Å². The summed E-state index contributed by atoms with van der Waals surface area (Å²) in [5, 5.41) is 13.4. The topological polar surface area (TPSA) is 104 Å². The van der Waals surface area contributed by atoms with E-state index < -0.39 is 23.0 Å². The van der Waals surface area contributed by atoms with Gasteiger partial charge in [0.15, 0.2) is 0 Å². The lowest BCUT2D eigenvalue weighted by atomic mass is 10.1. The Morgan fingerprint density at radius 1 is 1.44 bits per heavy atom. The van der Waals surface area contributed by atoms with Crippen molar-refractivity contribution in [1.29, 1.82) is 5.26 Å². The average Bonchev–Trinajstić information content (AvgIpc) is 3.17. The Balaban J connectivity index is 1.98. The molecule has 0 aliphatic carbocycles. The molecule has 0 aliphatic rings. The Morgan fingerprint density at radius 2 is 2.20 bits per heavy atom. The number of aromatic amines is 1. The Bertz CT molecular complexity index is 1080. The van der Waals surface area contributed by atoms with E-state index in [1.54, 1.807) is 0 Å². The molecule has 0 aliphatic heterocycles. The standard InChI is InChI=1S/C14H10ClF2N5O2S/c15-10-1-2-11(14-13(10)8(3-18)4-19-14)21-25(23,24)9-5-20-22(6-9)7-12(16)17/h1-2,4-6,12,19,21H,7H2. The molecule has 0 atom stereocenters. The smallest absolute Gasteiger partial charge is 0.265 e. The number of fused-ring (bicyclic) bond motifs is 1. The summed E-state index contributed by atoms with van der Waals surface area (Å²) in [5.41, 5.74) is 0.779. The van der Waals surface area contributed by atoms with Gasteiger partial charge in [-0.2, -0.15) is 10.4 Å². The summed E-state index contributed by atoms with van der Waals surface area (Å²) in [6.07, 6.45) is 0.752. The van der Waals surface area contributed by atoms with Crippen LogP contribution in [0, 0.1) is 11.3 Å². The maximum Gasteiger partial charge on any atom is 0.265 e. The van der Waals surface area contributed by atoms with Crippen molar-refractivity contribution in [3.05, 3.63) is 41.3 Å². The lowest BCUT2D eigenvalue weighted by Crippen LogP contribution is -2.13. The largest absolute Gasteiger partial charge is 0.358 e. The van der Waals surface area contributed by atoms with E-state index in [1.807, 2.05) is 6.07 Å². The van der Waals surface area contributed by atoms with Gasteiger partial charge in [0.1, 0.15) is 17.5 Å². The van der Waals surface area contributed by atoms with Crippen LogP contribution in [0.1, 0.15) is 5.56 Å². The monoisotopic (exact) mass is 385 g/mol. The number of nitrogens with one attached hydrogen (secondary N) is 2. The number of alkyl halides is 2. The van der Waals surface area contributed by atoms with Crippen LogP contribution in [0.3, 0.4) is 0 Å². The number of hydrogen-bond acceptors (Lipinski definition) is 4. The molecular weight excluding hydrogens is 376 g/mol. The number of anilines is 1. The van der Waals surface area contributed by atoms with Crippen LogP contribution in [0.25, 0.3) is 10.9 Å². The van der Waals surface area contributed by atoms with Gasteiger partial charge in [-0.15, -0.1) is 0 Å². The van der Waals surface area contributed by atoms with Crippen LogP contribution in [0.5, 0.6) is 0 Å². The Kier molecular flexibility index (Phi) is 4.36. The molecule has 0 saturated heterocycles. The van der Waals surface area contributed by atoms with Gasteiger partial charge in [0, 0.05) is 17.8 Å². The zero-order valence-electron chi connectivity index (χ0n) is 12.4. The molecule has 2 N–H and O–H groups in total. The van der Waals surface area contributed by atoms with Crippen LogP contribution >= 0.6 is 11.6 Å². The number of hydrogen-bond donors (Lipinski definition) is 2. The first kappa shape index (κ1) is 17.2. The number of nitrogens with zero attached hydrogens (tertiary/aromatic N) is 3. The molecule has 1 aromatic carbocycles. The van der Waals surface area contributed by atoms with Gasteiger partial charge in [-0.1, -0.05) is 11.6 Å². The molecule has 2 aromatic heterocycles. The zero-order valence-corrected chi connectivity index (χ0v) is 13.9. The van der Waals surface area contributed by atoms with E-state index in [4.69, 9.17) is 16.9 Å². The number of halogens is 3. The summed E-state index contributed by atoms with van der Waals surface area (Å²) in [7, 11) is -4.05. The molecule has 2 heterocycles. The van der Waals surface area contributed by atoms with Crippen molar-refractivity contribution in [2.75, 3.05) is 4.72 Å². The van der Waals surface area contributed by atoms with Gasteiger partial charge in [-0.05, 0) is 12.1 Å². The number of nitriles is 1. The third kappa shape index (κ3) is 3.29. The van der Waals surface area contributed by atoms with E-state index >= 15 is 0 Å². The molecule has 3 rings (SSSR count). The number of rotatable bonds is 5. The third-order valence-corrected chi connectivity index (χ3v) is 5.03. The zero-order chi connectivity index (χ0) is 18.2. The highest BCUT2D eigenvalue weighted by atomic mass is 35.5. The van der Waals surface area contributed by atoms with Crippen LogP contribution in [-0.2, 0) is 16.6 Å². The van der Waals surface area contributed by atoms with Gasteiger partial charge < -0.3 is 4.98 Å². The van der Waals surface area contributed by atoms with Gasteiger partial charge in [0.05, 0.1) is 28.0 Å². The highest BCUT2D eigenvalue weighted by Crippen LogP contribution is 2.32. The predicted octanol–water partition coefficient (Wildman–Crippen LogP) is 2.96. The fraction of sp³-hybridized carbons (Fsp3) is 0.143. The second kappa shape index (κ2) is 6.34. The van der Waals surface area contributed by atoms with E-state index in [0.29, 0.717) is 15.9 Å². The fourth-order valence-electron chi connectivity index (χ4n) is 2.31. The van der Waals surface area contributed by atoms with Crippen molar-refractivity contribution < 1.29 is 17.2 Å². The molecule has 0 saturated carbocycles. The van der Waals surface area contributed by atoms with E-state index in [-0.39, 0.29) is 16.1 Å². The van der Waals surface area contributed by atoms with Crippen LogP contribution in [0.2, 0.25) is 5.02 Å². The molecule has 7 nitrogen and oxygen atoms in total. The van der Waals surface area contributed by atoms with Crippen molar-refractivity contribution in [1.82, 2.24) is 14.8 Å². The van der Waals surface area contributed by atoms with Crippen molar-refractivity contribution in [2.45, 2.75) is 17.9 Å². The molecule has 0 bridgehead atoms. The van der Waals surface area contributed by atoms with Crippen molar-refractivity contribution in [2.24, 2.45) is 0 Å². The van der Waals surface area contributed by atoms with Crippen molar-refractivity contribution >= 4 is 38.2 Å². The Labute approximate surface area is 145 Å². The lowest BCUT2D eigenvalue weighted by molar-refractivity contribution is 0.121. The summed E-state index contributed by atoms with van der Waals surface area (Å²) < 4.78 is 52.8. The Hall–Kier alpha value is -2.64. The maximum atomic E-state index is 12.4. The summed E-state index contributed by atoms with van der Waals surface area (Å²) in [5.74, 6) is 0. The SMILES string of the molecule is N#Cc1c[nH]c2c(NS(=O)(=O)c3cnn(CC(F)F)c3)ccc(Cl)c12. The highest BCUT2D eigenvalue weighted by Gasteiger charge is 2.20. The molecule has 3 aromatic rings. The van der Waals surface area contributed by atoms with Crippen LogP contribution in [-0.4, -0.2) is 29.6 Å². The Morgan fingerprint density at radius 3 is 2.88 bits per heavy atom. The lowest BCUT2D eigenvalue weighted by Gasteiger charge is -2.08. The molecule has 11 heteroatoms. The molecule has 0 radical (unpaired) electrons. The van der Waals surface area contributed by atoms with Crippen molar-refractivity contribution in [3.63, 3.8) is 0 Å². The number of aromatic nitrogens is 3. The molecule has 0 spiro atoms. The first-order valence-electron chi connectivity index (χ1n) is 6.85. The minimum Gasteiger partial charge on any atom is -0.358 e. The molecule has 0 unspecified atom stereocenters. The third-order valence-electron chi connectivity index (χ3n) is 3.39. The number of benzene rings is 1. The van der Waals surface area contributed by atoms with E-state index in [0.717, 1.165) is 17.1 Å². The predicted molar refractivity (Wildman–Crippen MR) is 87.1 cm³/mol. The van der Waals surface area contributed by atoms with E-state index in [1.165, 1.54) is 18.3 Å². The summed E-state index contributed by atoms with van der Waals surface area (Å²) in [6.45, 7) is -0.705.